The molecule has 0 atom stereocenters. The van der Waals surface area contributed by atoms with E-state index < -0.39 is 0 Å². The van der Waals surface area contributed by atoms with E-state index in [2.05, 4.69) is 29.8 Å². The van der Waals surface area contributed by atoms with Crippen LogP contribution in [-0.4, -0.2) is 27.4 Å². The lowest BCUT2D eigenvalue weighted by Gasteiger charge is -2.35. The van der Waals surface area contributed by atoms with Crippen molar-refractivity contribution < 1.29 is 18.9 Å². The van der Waals surface area contributed by atoms with Gasteiger partial charge >= 0.3 is 0 Å². The van der Waals surface area contributed by atoms with Crippen LogP contribution in [-0.2, 0) is 9.47 Å². The maximum absolute atomic E-state index is 5.78. The molecule has 5 heteroatoms. The van der Waals surface area contributed by atoms with E-state index in [4.69, 9.17) is 18.9 Å². The van der Waals surface area contributed by atoms with Gasteiger partial charge < -0.3 is 18.9 Å². The second kappa shape index (κ2) is 5.69. The number of benzene rings is 1. The van der Waals surface area contributed by atoms with Gasteiger partial charge in [0.1, 0.15) is 0 Å². The van der Waals surface area contributed by atoms with Gasteiger partial charge in [-0.2, -0.15) is 0 Å². The van der Waals surface area contributed by atoms with Crippen LogP contribution in [0.1, 0.15) is 25.7 Å². The molecule has 0 saturated carbocycles. The average Bonchev–Trinajstić information content (AvgIpc) is 2.39. The molecular formula is C14H19BrO4. The van der Waals surface area contributed by atoms with Crippen molar-refractivity contribution in [3.63, 3.8) is 0 Å². The fraction of sp³-hybridized carbons (Fsp3) is 0.571. The molecule has 0 unspecified atom stereocenters. The molecule has 1 aromatic rings. The minimum absolute atomic E-state index is 0.0551. The van der Waals surface area contributed by atoms with Gasteiger partial charge in [0.15, 0.2) is 17.8 Å². The highest BCUT2D eigenvalue weighted by Crippen LogP contribution is 2.40. The zero-order valence-electron chi connectivity index (χ0n) is 11.7. The summed E-state index contributed by atoms with van der Waals surface area (Å²) in [5.74, 6) is 1.34. The van der Waals surface area contributed by atoms with E-state index in [0.717, 1.165) is 10.0 Å². The Hall–Kier alpha value is -0.780. The van der Waals surface area contributed by atoms with Crippen LogP contribution < -0.4 is 9.47 Å². The van der Waals surface area contributed by atoms with Crippen molar-refractivity contribution in [3.8, 4) is 11.5 Å². The molecule has 0 radical (unpaired) electrons. The third kappa shape index (κ3) is 3.22. The predicted molar refractivity (Wildman–Crippen MR) is 75.7 cm³/mol. The summed E-state index contributed by atoms with van der Waals surface area (Å²) in [6.07, 6.45) is -0.373. The molecule has 0 bridgehead atoms. The van der Waals surface area contributed by atoms with Crippen LogP contribution in [0.5, 0.6) is 11.5 Å². The Morgan fingerprint density at radius 2 is 1.63 bits per heavy atom. The van der Waals surface area contributed by atoms with Gasteiger partial charge in [0, 0.05) is 15.5 Å². The summed E-state index contributed by atoms with van der Waals surface area (Å²) < 4.78 is 23.0. The molecule has 106 valence electrons. The van der Waals surface area contributed by atoms with Crippen LogP contribution in [0.2, 0.25) is 0 Å². The highest BCUT2D eigenvalue weighted by Gasteiger charge is 2.30. The first kappa shape index (κ1) is 14.6. The molecule has 2 rings (SSSR count). The van der Waals surface area contributed by atoms with E-state index in [9.17, 15) is 0 Å². The van der Waals surface area contributed by atoms with Gasteiger partial charge in [0.2, 0.25) is 0 Å². The Morgan fingerprint density at radius 3 is 2.16 bits per heavy atom. The summed E-state index contributed by atoms with van der Waals surface area (Å²) in [6.45, 7) is 5.57. The van der Waals surface area contributed by atoms with Crippen molar-refractivity contribution in [2.24, 2.45) is 5.41 Å². The Morgan fingerprint density at radius 1 is 1.11 bits per heavy atom. The second-order valence-electron chi connectivity index (χ2n) is 5.35. The van der Waals surface area contributed by atoms with Crippen LogP contribution in [0.25, 0.3) is 0 Å². The van der Waals surface area contributed by atoms with Gasteiger partial charge in [-0.25, -0.2) is 0 Å². The third-order valence-corrected chi connectivity index (χ3v) is 3.69. The van der Waals surface area contributed by atoms with Gasteiger partial charge in [-0.3, -0.25) is 0 Å². The smallest absolute Gasteiger partial charge is 0.185 e. The summed E-state index contributed by atoms with van der Waals surface area (Å²) in [7, 11) is 3.22. The first-order chi connectivity index (χ1) is 8.96. The summed E-state index contributed by atoms with van der Waals surface area (Å²) in [6, 6.07) is 3.74. The molecule has 1 fully saturated rings. The fourth-order valence-electron chi connectivity index (χ4n) is 1.92. The molecule has 0 N–H and O–H groups in total. The Bertz CT molecular complexity index is 449. The molecule has 4 nitrogen and oxygen atoms in total. The van der Waals surface area contributed by atoms with E-state index in [-0.39, 0.29) is 11.7 Å². The lowest BCUT2D eigenvalue weighted by atomic mass is 9.95. The summed E-state index contributed by atoms with van der Waals surface area (Å²) >= 11 is 3.52. The van der Waals surface area contributed by atoms with Crippen molar-refractivity contribution in [2.45, 2.75) is 20.1 Å². The van der Waals surface area contributed by atoms with Crippen molar-refractivity contribution in [3.05, 3.63) is 22.2 Å². The lowest BCUT2D eigenvalue weighted by molar-refractivity contribution is -0.226. The number of methoxy groups -OCH3 is 2. The van der Waals surface area contributed by atoms with Gasteiger partial charge in [0.25, 0.3) is 0 Å². The number of hydrogen-bond acceptors (Lipinski definition) is 4. The molecular weight excluding hydrogens is 312 g/mol. The molecule has 1 aliphatic rings. The molecule has 0 aromatic heterocycles. The Kier molecular flexibility index (Phi) is 4.38. The molecule has 0 aliphatic carbocycles. The van der Waals surface area contributed by atoms with Crippen LogP contribution in [0, 0.1) is 5.41 Å². The Balaban J connectivity index is 2.25. The van der Waals surface area contributed by atoms with Crippen molar-refractivity contribution >= 4 is 15.9 Å². The van der Waals surface area contributed by atoms with Crippen LogP contribution in [0.15, 0.2) is 16.6 Å². The highest BCUT2D eigenvalue weighted by atomic mass is 79.9. The van der Waals surface area contributed by atoms with Crippen molar-refractivity contribution in [2.75, 3.05) is 27.4 Å². The van der Waals surface area contributed by atoms with Crippen LogP contribution >= 0.6 is 15.9 Å². The molecule has 0 spiro atoms. The number of ether oxygens (including phenoxy) is 4. The van der Waals surface area contributed by atoms with E-state index >= 15 is 0 Å². The lowest BCUT2D eigenvalue weighted by Crippen LogP contribution is -2.33. The average molecular weight is 331 g/mol. The topological polar surface area (TPSA) is 36.9 Å². The first-order valence-corrected chi connectivity index (χ1v) is 6.91. The van der Waals surface area contributed by atoms with E-state index in [0.29, 0.717) is 24.7 Å². The first-order valence-electron chi connectivity index (χ1n) is 6.11. The minimum atomic E-state index is -0.373. The second-order valence-corrected chi connectivity index (χ2v) is 6.20. The van der Waals surface area contributed by atoms with Gasteiger partial charge in [-0.15, -0.1) is 0 Å². The van der Waals surface area contributed by atoms with Gasteiger partial charge in [-0.1, -0.05) is 29.8 Å². The van der Waals surface area contributed by atoms with E-state index in [1.807, 2.05) is 12.1 Å². The van der Waals surface area contributed by atoms with Crippen molar-refractivity contribution in [1.82, 2.24) is 0 Å². The molecule has 0 amide bonds. The molecule has 1 saturated heterocycles. The zero-order valence-corrected chi connectivity index (χ0v) is 13.2. The molecule has 1 aliphatic heterocycles. The van der Waals surface area contributed by atoms with Crippen LogP contribution in [0.4, 0.5) is 0 Å². The van der Waals surface area contributed by atoms with Crippen LogP contribution in [0.3, 0.4) is 0 Å². The number of halogens is 1. The summed E-state index contributed by atoms with van der Waals surface area (Å²) in [5.41, 5.74) is 0.965. The van der Waals surface area contributed by atoms with Gasteiger partial charge in [0.05, 0.1) is 27.4 Å². The molecule has 1 aromatic carbocycles. The van der Waals surface area contributed by atoms with Gasteiger partial charge in [-0.05, 0) is 12.1 Å². The Labute approximate surface area is 122 Å². The summed E-state index contributed by atoms with van der Waals surface area (Å²) in [4.78, 5) is 0. The number of rotatable bonds is 3. The van der Waals surface area contributed by atoms with E-state index in [1.54, 1.807) is 14.2 Å². The van der Waals surface area contributed by atoms with Crippen molar-refractivity contribution in [1.29, 1.82) is 0 Å². The zero-order chi connectivity index (χ0) is 14.0. The SMILES string of the molecule is COc1cc(Br)c(C2OCC(C)(C)CO2)cc1OC. The molecule has 19 heavy (non-hydrogen) atoms. The third-order valence-electron chi connectivity index (χ3n) is 3.01. The minimum Gasteiger partial charge on any atom is -0.493 e. The summed E-state index contributed by atoms with van der Waals surface area (Å²) in [5, 5.41) is 0. The normalized spacial score (nSPS) is 19.2. The fourth-order valence-corrected chi connectivity index (χ4v) is 2.43. The highest BCUT2D eigenvalue weighted by molar-refractivity contribution is 9.10. The largest absolute Gasteiger partial charge is 0.493 e. The molecule has 1 heterocycles. The maximum Gasteiger partial charge on any atom is 0.185 e. The van der Waals surface area contributed by atoms with E-state index in [1.165, 1.54) is 0 Å². The number of hydrogen-bond donors (Lipinski definition) is 0. The predicted octanol–water partition coefficient (Wildman–Crippen LogP) is 3.54. The maximum atomic E-state index is 5.78. The quantitative estimate of drug-likeness (QED) is 0.849. The monoisotopic (exact) mass is 330 g/mol. The standard InChI is InChI=1S/C14H19BrO4/c1-14(2)7-18-13(19-8-14)9-5-11(16-3)12(17-4)6-10(9)15/h5-6,13H,7-8H2,1-4H3.